The van der Waals surface area contributed by atoms with Gasteiger partial charge >= 0.3 is 7.82 Å². The number of quaternary nitrogens is 1. The van der Waals surface area contributed by atoms with Crippen LogP contribution in [-0.2, 0) is 18.4 Å². The molecule has 3 N–H and O–H groups in total. The van der Waals surface area contributed by atoms with Crippen LogP contribution >= 0.6 is 7.82 Å². The van der Waals surface area contributed by atoms with Gasteiger partial charge in [-0.05, 0) is 116 Å². The van der Waals surface area contributed by atoms with E-state index in [1.54, 1.807) is 6.08 Å². The van der Waals surface area contributed by atoms with Crippen LogP contribution in [0.5, 0.6) is 0 Å². The highest BCUT2D eigenvalue weighted by Crippen LogP contribution is 2.43. The van der Waals surface area contributed by atoms with E-state index in [0.29, 0.717) is 17.4 Å². The summed E-state index contributed by atoms with van der Waals surface area (Å²) in [6.45, 7) is 4.67. The molecule has 0 aliphatic heterocycles. The van der Waals surface area contributed by atoms with Gasteiger partial charge in [-0.2, -0.15) is 0 Å². The number of phosphoric ester groups is 1. The van der Waals surface area contributed by atoms with Crippen molar-refractivity contribution in [2.24, 2.45) is 0 Å². The van der Waals surface area contributed by atoms with Crippen molar-refractivity contribution in [1.82, 2.24) is 5.32 Å². The zero-order valence-corrected chi connectivity index (χ0v) is 57.1. The average molecular weight is 1210 g/mol. The Morgan fingerprint density at radius 1 is 0.407 bits per heavy atom. The lowest BCUT2D eigenvalue weighted by Crippen LogP contribution is -2.45. The molecule has 3 atom stereocenters. The average Bonchev–Trinajstić information content (AvgIpc) is 3.70. The molecule has 8 nitrogen and oxygen atoms in total. The number of carbonyl (C=O) groups excluding carboxylic acids is 1. The fraction of sp³-hybridized carbons (Fsp3) is 0.675. The predicted molar refractivity (Wildman–Crippen MR) is 378 cm³/mol. The predicted octanol–water partition coefficient (Wildman–Crippen LogP) is 22.8. The lowest BCUT2D eigenvalue weighted by atomic mass is 10.0. The van der Waals surface area contributed by atoms with Crippen molar-refractivity contribution in [2.45, 2.75) is 296 Å². The topological polar surface area (TPSA) is 105 Å². The molecule has 0 bridgehead atoms. The van der Waals surface area contributed by atoms with E-state index in [1.165, 1.54) is 148 Å². The Morgan fingerprint density at radius 2 is 0.709 bits per heavy atom. The molecule has 492 valence electrons. The van der Waals surface area contributed by atoms with Crippen LogP contribution in [0.25, 0.3) is 0 Å². The van der Waals surface area contributed by atoms with E-state index < -0.39 is 20.0 Å². The Balaban J connectivity index is 4.23. The van der Waals surface area contributed by atoms with Crippen molar-refractivity contribution in [3.05, 3.63) is 146 Å². The van der Waals surface area contributed by atoms with Gasteiger partial charge in [0.2, 0.25) is 5.91 Å². The van der Waals surface area contributed by atoms with Crippen molar-refractivity contribution in [3.63, 3.8) is 0 Å². The molecule has 0 saturated carbocycles. The maximum Gasteiger partial charge on any atom is 0.472 e. The molecule has 0 heterocycles. The Morgan fingerprint density at radius 3 is 1.07 bits per heavy atom. The van der Waals surface area contributed by atoms with Gasteiger partial charge in [-0.3, -0.25) is 13.8 Å². The molecule has 3 unspecified atom stereocenters. The summed E-state index contributed by atoms with van der Waals surface area (Å²) in [6, 6.07) is -0.889. The summed E-state index contributed by atoms with van der Waals surface area (Å²) in [4.78, 5) is 23.4. The zero-order chi connectivity index (χ0) is 62.6. The van der Waals surface area contributed by atoms with Crippen molar-refractivity contribution >= 4 is 13.7 Å². The number of likely N-dealkylation sites (N-methyl/N-ethyl adjacent to an activating group) is 1. The first-order valence-electron chi connectivity index (χ1n) is 35.2. The fourth-order valence-electron chi connectivity index (χ4n) is 9.60. The second-order valence-electron chi connectivity index (χ2n) is 24.5. The van der Waals surface area contributed by atoms with Crippen molar-refractivity contribution < 1.29 is 32.9 Å². The van der Waals surface area contributed by atoms with E-state index in [1.807, 2.05) is 27.2 Å². The SMILES string of the molecule is CC/C=C\C/C=C\C/C=C\C/C=C\C/C=C\C/C=C\C/C=C\C/C=C\C/C=C\CCCCCCCCCC(=O)NC(COP(=O)(O)OCC[N+](C)(C)C)C(O)/C=C/CC/C=C/CC/C=C/CCCCCCCCCCCCCCCCCCCCC. The molecule has 9 heteroatoms. The van der Waals surface area contributed by atoms with Gasteiger partial charge in [-0.25, -0.2) is 4.57 Å². The van der Waals surface area contributed by atoms with E-state index in [4.69, 9.17) is 9.05 Å². The Labute approximate surface area is 531 Å². The normalized spacial score (nSPS) is 14.5. The summed E-state index contributed by atoms with van der Waals surface area (Å²) < 4.78 is 23.8. The van der Waals surface area contributed by atoms with Gasteiger partial charge < -0.3 is 19.8 Å². The van der Waals surface area contributed by atoms with Gasteiger partial charge in [0.15, 0.2) is 0 Å². The highest BCUT2D eigenvalue weighted by molar-refractivity contribution is 7.47. The molecule has 0 fully saturated rings. The summed E-state index contributed by atoms with van der Waals surface area (Å²) in [5.74, 6) is -0.206. The van der Waals surface area contributed by atoms with Gasteiger partial charge in [0, 0.05) is 6.42 Å². The highest BCUT2D eigenvalue weighted by atomic mass is 31.2. The molecule has 0 radical (unpaired) electrons. The second kappa shape index (κ2) is 65.8. The van der Waals surface area contributed by atoms with Gasteiger partial charge in [-0.1, -0.05) is 307 Å². The van der Waals surface area contributed by atoms with E-state index in [0.717, 1.165) is 116 Å². The van der Waals surface area contributed by atoms with Gasteiger partial charge in [0.1, 0.15) is 13.2 Å². The summed E-state index contributed by atoms with van der Waals surface area (Å²) in [5, 5.41) is 14.0. The van der Waals surface area contributed by atoms with Crippen molar-refractivity contribution in [2.75, 3.05) is 40.9 Å². The number of carbonyl (C=O) groups is 1. The first-order chi connectivity index (χ1) is 42.0. The van der Waals surface area contributed by atoms with E-state index >= 15 is 0 Å². The number of allylic oxidation sites excluding steroid dienone is 23. The maximum absolute atomic E-state index is 13.0. The van der Waals surface area contributed by atoms with Gasteiger partial charge in [0.25, 0.3) is 0 Å². The van der Waals surface area contributed by atoms with Crippen LogP contribution in [0, 0.1) is 0 Å². The number of hydrogen-bond acceptors (Lipinski definition) is 5. The number of phosphoric acid groups is 1. The van der Waals surface area contributed by atoms with E-state index in [2.05, 4.69) is 153 Å². The molecule has 1 amide bonds. The van der Waals surface area contributed by atoms with E-state index in [-0.39, 0.29) is 19.1 Å². The minimum Gasteiger partial charge on any atom is -0.387 e. The molecule has 0 aromatic carbocycles. The molecule has 0 aromatic rings. The number of amides is 1. The zero-order valence-electron chi connectivity index (χ0n) is 56.3. The van der Waals surface area contributed by atoms with Crippen LogP contribution in [0.15, 0.2) is 146 Å². The summed E-state index contributed by atoms with van der Waals surface area (Å²) in [6.07, 6.45) is 101. The minimum absolute atomic E-state index is 0.0435. The standard InChI is InChI=1S/C77H133N2O6P/c1-6-8-10-12-14-16-18-20-22-24-26-28-30-32-34-36-37-38-39-40-41-43-45-47-49-51-53-55-57-59-61-63-65-67-69-71-77(81)78-75(74-85-86(82,83)84-73-72-79(3,4)5)76(80)70-68-66-64-62-60-58-56-54-52-50-48-46-44-42-35-33-31-29-27-25-23-21-19-17-15-13-11-9-7-2/h8,10,14,16,20,22,26,28,32,34,37-38,40-41,45,47,51-54,60,62,68,70,75-76,80H,6-7,9,11-13,15,17-19,21,23-25,27,29-31,33,35-36,39,42-44,46,48-50,55-59,61,63-67,69,71-74H2,1-5H3,(H-,78,81,82,83)/p+1/b10-8-,16-14-,22-20-,28-26-,34-32-,38-37-,41-40-,47-45-,53-51-,54-52+,62-60+,70-68+. The highest BCUT2D eigenvalue weighted by Gasteiger charge is 2.28. The number of nitrogens with zero attached hydrogens (tertiary/aromatic N) is 1. The largest absolute Gasteiger partial charge is 0.472 e. The molecule has 86 heavy (non-hydrogen) atoms. The first-order valence-corrected chi connectivity index (χ1v) is 36.7. The first kappa shape index (κ1) is 82.4. The second-order valence-corrected chi connectivity index (χ2v) is 26.0. The molecule has 0 aliphatic rings. The summed E-state index contributed by atoms with van der Waals surface area (Å²) >= 11 is 0. The Kier molecular flexibility index (Phi) is 63.0. The van der Waals surface area contributed by atoms with Gasteiger partial charge in [-0.15, -0.1) is 0 Å². The van der Waals surface area contributed by atoms with Crippen LogP contribution < -0.4 is 5.32 Å². The lowest BCUT2D eigenvalue weighted by Gasteiger charge is -2.25. The molecule has 0 aromatic heterocycles. The number of unbranched alkanes of at least 4 members (excludes halogenated alkanes) is 28. The summed E-state index contributed by atoms with van der Waals surface area (Å²) in [5.41, 5.74) is 0. The summed E-state index contributed by atoms with van der Waals surface area (Å²) in [7, 11) is 1.52. The number of hydrogen-bond donors (Lipinski definition) is 3. The monoisotopic (exact) mass is 1210 g/mol. The third-order valence-corrected chi connectivity index (χ3v) is 16.0. The van der Waals surface area contributed by atoms with Crippen LogP contribution in [0.4, 0.5) is 0 Å². The smallest absolute Gasteiger partial charge is 0.387 e. The maximum atomic E-state index is 13.0. The van der Waals surface area contributed by atoms with Gasteiger partial charge in [0.05, 0.1) is 39.9 Å². The van der Waals surface area contributed by atoms with Crippen LogP contribution in [0.3, 0.4) is 0 Å². The van der Waals surface area contributed by atoms with E-state index in [9.17, 15) is 19.4 Å². The van der Waals surface area contributed by atoms with Crippen LogP contribution in [0.1, 0.15) is 284 Å². The molecular formula is C77H134N2O6P+. The third kappa shape index (κ3) is 67.9. The molecule has 0 spiro atoms. The van der Waals surface area contributed by atoms with Crippen molar-refractivity contribution in [3.8, 4) is 0 Å². The Bertz CT molecular complexity index is 1910. The molecule has 0 rings (SSSR count). The number of rotatable bonds is 63. The minimum atomic E-state index is -4.38. The lowest BCUT2D eigenvalue weighted by molar-refractivity contribution is -0.870. The fourth-order valence-corrected chi connectivity index (χ4v) is 10.3. The number of nitrogens with one attached hydrogen (secondary N) is 1. The number of aliphatic hydroxyl groups is 1. The number of aliphatic hydroxyl groups excluding tert-OH is 1. The molecule has 0 aliphatic carbocycles. The molecule has 0 saturated heterocycles. The van der Waals surface area contributed by atoms with Crippen LogP contribution in [-0.4, -0.2) is 73.4 Å². The Hall–Kier alpha value is -3.62. The van der Waals surface area contributed by atoms with Crippen LogP contribution in [0.2, 0.25) is 0 Å². The third-order valence-electron chi connectivity index (χ3n) is 15.0. The van der Waals surface area contributed by atoms with Crippen molar-refractivity contribution in [1.29, 1.82) is 0 Å². The quantitative estimate of drug-likeness (QED) is 0.0243. The molecular weight excluding hydrogens is 1080 g/mol.